The Morgan fingerprint density at radius 2 is 1.97 bits per heavy atom. The van der Waals surface area contributed by atoms with Crippen LogP contribution in [0.5, 0.6) is 11.8 Å². The molecule has 2 aliphatic heterocycles. The van der Waals surface area contributed by atoms with Crippen LogP contribution in [0.15, 0.2) is 18.2 Å². The van der Waals surface area contributed by atoms with Crippen molar-refractivity contribution >= 4 is 23.1 Å². The number of aromatic amines is 3. The van der Waals surface area contributed by atoms with Gasteiger partial charge in [-0.25, -0.2) is 5.10 Å². The van der Waals surface area contributed by atoms with Crippen LogP contribution in [0, 0.1) is 0 Å². The van der Waals surface area contributed by atoms with Crippen molar-refractivity contribution in [2.45, 2.75) is 31.9 Å². The Labute approximate surface area is 189 Å². The predicted molar refractivity (Wildman–Crippen MR) is 123 cm³/mol. The Kier molecular flexibility index (Phi) is 5.08. The molecule has 10 nitrogen and oxygen atoms in total. The number of hydrogen-bond acceptors (Lipinski definition) is 7. The number of benzene rings is 1. The van der Waals surface area contributed by atoms with E-state index in [1.54, 1.807) is 0 Å². The molecule has 1 unspecified atom stereocenters. The SMILES string of the molecule is Oc1n[nH]c2c1C=Cc1n[nH]c3ccc(cc13)-c1c(C3CCCCO3)n[nH]c1OCCNC2. The second-order valence-corrected chi connectivity index (χ2v) is 8.34. The molecule has 3 aromatic heterocycles. The van der Waals surface area contributed by atoms with Gasteiger partial charge in [0.15, 0.2) is 0 Å². The van der Waals surface area contributed by atoms with E-state index in [-0.39, 0.29) is 12.0 Å². The van der Waals surface area contributed by atoms with E-state index in [1.165, 1.54) is 0 Å². The van der Waals surface area contributed by atoms with Gasteiger partial charge >= 0.3 is 0 Å². The Balaban J connectivity index is 1.48. The molecule has 1 aromatic carbocycles. The molecule has 33 heavy (non-hydrogen) atoms. The summed E-state index contributed by atoms with van der Waals surface area (Å²) in [7, 11) is 0. The average Bonchev–Trinajstić information content (AvgIpc) is 3.54. The minimum atomic E-state index is -0.0533. The molecule has 2 aliphatic rings. The van der Waals surface area contributed by atoms with E-state index in [9.17, 15) is 5.11 Å². The van der Waals surface area contributed by atoms with E-state index >= 15 is 0 Å². The smallest absolute Gasteiger partial charge is 0.237 e. The van der Waals surface area contributed by atoms with Crippen LogP contribution in [0.1, 0.15) is 48.0 Å². The Morgan fingerprint density at radius 1 is 1.00 bits per heavy atom. The normalized spacial score (nSPS) is 19.0. The number of H-pyrrole nitrogens is 3. The highest BCUT2D eigenvalue weighted by Gasteiger charge is 2.26. The van der Waals surface area contributed by atoms with E-state index in [1.807, 2.05) is 24.3 Å². The lowest BCUT2D eigenvalue weighted by Crippen LogP contribution is -2.21. The van der Waals surface area contributed by atoms with E-state index in [4.69, 9.17) is 9.47 Å². The van der Waals surface area contributed by atoms with E-state index < -0.39 is 0 Å². The summed E-state index contributed by atoms with van der Waals surface area (Å²) in [6.07, 6.45) is 6.80. The maximum Gasteiger partial charge on any atom is 0.237 e. The number of nitrogens with zero attached hydrogens (tertiary/aromatic N) is 3. The second kappa shape index (κ2) is 8.38. The molecule has 0 amide bonds. The van der Waals surface area contributed by atoms with Gasteiger partial charge < -0.3 is 19.9 Å². The van der Waals surface area contributed by atoms with Crippen LogP contribution in [-0.2, 0) is 11.3 Å². The van der Waals surface area contributed by atoms with Gasteiger partial charge in [-0.1, -0.05) is 6.07 Å². The molecule has 5 heterocycles. The van der Waals surface area contributed by atoms with Crippen LogP contribution in [-0.4, -0.2) is 55.5 Å². The zero-order valence-electron chi connectivity index (χ0n) is 18.0. The van der Waals surface area contributed by atoms with Gasteiger partial charge in [0.2, 0.25) is 11.8 Å². The maximum atomic E-state index is 10.2. The molecule has 4 aromatic rings. The minimum Gasteiger partial charge on any atom is -0.492 e. The Hall–Kier alpha value is -3.63. The Bertz CT molecular complexity index is 1310. The molecule has 1 saturated heterocycles. The number of ether oxygens (including phenoxy) is 2. The van der Waals surface area contributed by atoms with Crippen molar-refractivity contribution in [3.8, 4) is 22.9 Å². The van der Waals surface area contributed by atoms with Gasteiger partial charge in [0.05, 0.1) is 28.0 Å². The third-order valence-electron chi connectivity index (χ3n) is 6.22. The molecule has 10 heteroatoms. The van der Waals surface area contributed by atoms with Gasteiger partial charge in [-0.05, 0) is 49.1 Å². The van der Waals surface area contributed by atoms with Crippen molar-refractivity contribution in [1.82, 2.24) is 35.9 Å². The van der Waals surface area contributed by atoms with Crippen molar-refractivity contribution in [3.05, 3.63) is 40.8 Å². The van der Waals surface area contributed by atoms with Gasteiger partial charge in [0.1, 0.15) is 18.4 Å². The first-order valence-corrected chi connectivity index (χ1v) is 11.2. The fourth-order valence-corrected chi connectivity index (χ4v) is 4.52. The van der Waals surface area contributed by atoms with Gasteiger partial charge in [0, 0.05) is 25.1 Å². The summed E-state index contributed by atoms with van der Waals surface area (Å²) in [5.74, 6) is 0.595. The average molecular weight is 447 g/mol. The highest BCUT2D eigenvalue weighted by atomic mass is 16.5. The number of aromatic nitrogens is 6. The summed E-state index contributed by atoms with van der Waals surface area (Å²) in [5, 5.41) is 36.5. The number of fused-ring (bicyclic) bond motifs is 4. The first-order valence-electron chi connectivity index (χ1n) is 11.2. The van der Waals surface area contributed by atoms with Crippen molar-refractivity contribution in [1.29, 1.82) is 0 Å². The van der Waals surface area contributed by atoms with Crippen molar-refractivity contribution in [2.75, 3.05) is 19.8 Å². The molecule has 170 valence electrons. The lowest BCUT2D eigenvalue weighted by Gasteiger charge is -2.22. The van der Waals surface area contributed by atoms with Gasteiger partial charge in [0.25, 0.3) is 0 Å². The van der Waals surface area contributed by atoms with E-state index in [0.29, 0.717) is 31.1 Å². The summed E-state index contributed by atoms with van der Waals surface area (Å²) in [6, 6.07) is 6.16. The summed E-state index contributed by atoms with van der Waals surface area (Å²) < 4.78 is 12.2. The zero-order chi connectivity index (χ0) is 22.2. The molecule has 0 saturated carbocycles. The van der Waals surface area contributed by atoms with Crippen LogP contribution in [0.4, 0.5) is 0 Å². The van der Waals surface area contributed by atoms with Crippen molar-refractivity contribution in [2.24, 2.45) is 0 Å². The molecular formula is C23H25N7O3. The van der Waals surface area contributed by atoms with Crippen molar-refractivity contribution in [3.63, 3.8) is 0 Å². The van der Waals surface area contributed by atoms with E-state index in [0.717, 1.165) is 65.0 Å². The molecule has 6 rings (SSSR count). The molecule has 0 radical (unpaired) electrons. The van der Waals surface area contributed by atoms with Crippen molar-refractivity contribution < 1.29 is 14.6 Å². The summed E-state index contributed by atoms with van der Waals surface area (Å²) >= 11 is 0. The maximum absolute atomic E-state index is 10.2. The molecule has 1 atom stereocenters. The summed E-state index contributed by atoms with van der Waals surface area (Å²) in [5.41, 5.74) is 5.91. The van der Waals surface area contributed by atoms with Crippen LogP contribution < -0.4 is 10.1 Å². The van der Waals surface area contributed by atoms with Crippen LogP contribution >= 0.6 is 0 Å². The van der Waals surface area contributed by atoms with Gasteiger partial charge in [-0.15, -0.1) is 5.10 Å². The standard InChI is InChI=1S/C23H25N7O3/c31-22-14-5-7-17-15-11-13(4-6-16(15)25-26-17)20-21(19-3-1-2-9-32-19)28-30-23(20)33-10-8-24-12-18(14)27-29-22/h4-7,11,19,24H,1-3,8-10,12H2,(H,25,26)(H,28,30)(H2,27,29,31). The first kappa shape index (κ1) is 20.0. The molecule has 5 N–H and O–H groups in total. The largest absolute Gasteiger partial charge is 0.492 e. The molecule has 0 spiro atoms. The number of aromatic hydroxyl groups is 1. The second-order valence-electron chi connectivity index (χ2n) is 8.34. The highest BCUT2D eigenvalue weighted by Crippen LogP contribution is 2.40. The lowest BCUT2D eigenvalue weighted by molar-refractivity contribution is 0.0126. The van der Waals surface area contributed by atoms with Gasteiger partial charge in [-0.3, -0.25) is 10.2 Å². The molecule has 0 aliphatic carbocycles. The molecule has 1 fully saturated rings. The topological polar surface area (TPSA) is 137 Å². The van der Waals surface area contributed by atoms with Gasteiger partial charge in [-0.2, -0.15) is 10.2 Å². The number of hydrogen-bond donors (Lipinski definition) is 5. The third-order valence-corrected chi connectivity index (χ3v) is 6.22. The minimum absolute atomic E-state index is 0.0395. The van der Waals surface area contributed by atoms with Crippen LogP contribution in [0.3, 0.4) is 0 Å². The molecule has 2 bridgehead atoms. The van der Waals surface area contributed by atoms with Crippen LogP contribution in [0.2, 0.25) is 0 Å². The fraction of sp³-hybridized carbons (Fsp3) is 0.348. The zero-order valence-corrected chi connectivity index (χ0v) is 18.0. The highest BCUT2D eigenvalue weighted by molar-refractivity contribution is 5.93. The van der Waals surface area contributed by atoms with E-state index in [2.05, 4.69) is 42.0 Å². The number of rotatable bonds is 1. The van der Waals surface area contributed by atoms with Crippen LogP contribution in [0.25, 0.3) is 34.2 Å². The predicted octanol–water partition coefficient (Wildman–Crippen LogP) is 3.28. The first-order chi connectivity index (χ1) is 16.3. The monoisotopic (exact) mass is 447 g/mol. The fourth-order valence-electron chi connectivity index (χ4n) is 4.52. The quantitative estimate of drug-likeness (QED) is 0.302. The third kappa shape index (κ3) is 3.66. The lowest BCUT2D eigenvalue weighted by atomic mass is 9.97. The Morgan fingerprint density at radius 3 is 2.88 bits per heavy atom. The molecular weight excluding hydrogens is 422 g/mol. The summed E-state index contributed by atoms with van der Waals surface area (Å²) in [4.78, 5) is 0. The summed E-state index contributed by atoms with van der Waals surface area (Å²) in [6.45, 7) is 2.31. The number of nitrogens with one attached hydrogen (secondary N) is 4.